The summed E-state index contributed by atoms with van der Waals surface area (Å²) >= 11 is 0. The van der Waals surface area contributed by atoms with Crippen LogP contribution in [0.25, 0.3) is 22.8 Å². The van der Waals surface area contributed by atoms with Crippen molar-refractivity contribution >= 4 is 11.6 Å². The van der Waals surface area contributed by atoms with Crippen LogP contribution in [-0.2, 0) is 4.79 Å². The molecule has 0 unspecified atom stereocenters. The number of carbonyl (C=O) groups is 1. The average Bonchev–Trinajstić information content (AvgIpc) is 3.31. The van der Waals surface area contributed by atoms with Crippen molar-refractivity contribution in [1.82, 2.24) is 10.1 Å². The van der Waals surface area contributed by atoms with Gasteiger partial charge in [-0.3, -0.25) is 4.79 Å². The van der Waals surface area contributed by atoms with Crippen LogP contribution < -0.4 is 14.8 Å². The second-order valence-electron chi connectivity index (χ2n) is 6.76. The number of amides is 1. The van der Waals surface area contributed by atoms with Gasteiger partial charge in [-0.1, -0.05) is 5.16 Å². The van der Waals surface area contributed by atoms with E-state index >= 15 is 0 Å². The normalized spacial score (nSPS) is 10.7. The maximum Gasteiger partial charge on any atom is 0.262 e. The van der Waals surface area contributed by atoms with E-state index in [1.54, 1.807) is 55.6 Å². The molecule has 0 aliphatic rings. The molecule has 4 aromatic rings. The summed E-state index contributed by atoms with van der Waals surface area (Å²) in [5, 5.41) is 5.98. The van der Waals surface area contributed by atoms with Crippen LogP contribution in [-0.4, -0.2) is 29.8 Å². The largest absolute Gasteiger partial charge is 0.497 e. The Morgan fingerprint density at radius 2 is 1.55 bits per heavy atom. The van der Waals surface area contributed by atoms with Gasteiger partial charge in [0.1, 0.15) is 23.0 Å². The van der Waals surface area contributed by atoms with Gasteiger partial charge in [-0.05, 0) is 48.5 Å². The molecule has 33 heavy (non-hydrogen) atoms. The second kappa shape index (κ2) is 9.43. The van der Waals surface area contributed by atoms with Gasteiger partial charge in [0.05, 0.1) is 7.11 Å². The number of rotatable bonds is 7. The molecule has 0 bridgehead atoms. The molecule has 3 aromatic carbocycles. The summed E-state index contributed by atoms with van der Waals surface area (Å²) in [5.74, 6) is -2.63. The maximum atomic E-state index is 13.6. The molecule has 10 heteroatoms. The number of hydrogen-bond donors (Lipinski definition) is 1. The highest BCUT2D eigenvalue weighted by atomic mass is 19.1. The summed E-state index contributed by atoms with van der Waals surface area (Å²) in [6, 6.07) is 14.6. The van der Waals surface area contributed by atoms with Crippen molar-refractivity contribution in [3.8, 4) is 34.3 Å². The lowest BCUT2D eigenvalue weighted by atomic mass is 10.2. The lowest BCUT2D eigenvalue weighted by molar-refractivity contribution is -0.118. The summed E-state index contributed by atoms with van der Waals surface area (Å²) in [7, 11) is 1.58. The van der Waals surface area contributed by atoms with E-state index in [1.807, 2.05) is 5.32 Å². The van der Waals surface area contributed by atoms with Gasteiger partial charge in [0.2, 0.25) is 5.82 Å². The third-order valence-electron chi connectivity index (χ3n) is 4.52. The SMILES string of the molecule is COc1ccc(-c2noc(-c3ccc(OCC(=O)Nc4c(F)cc(F)cc4F)cc3)n2)cc1. The first-order chi connectivity index (χ1) is 15.9. The zero-order chi connectivity index (χ0) is 23.4. The summed E-state index contributed by atoms with van der Waals surface area (Å²) in [6.07, 6.45) is 0. The molecule has 0 spiro atoms. The first-order valence-corrected chi connectivity index (χ1v) is 9.58. The lowest BCUT2D eigenvalue weighted by Crippen LogP contribution is -2.21. The van der Waals surface area contributed by atoms with Crippen LogP contribution >= 0.6 is 0 Å². The Morgan fingerprint density at radius 3 is 2.18 bits per heavy atom. The third kappa shape index (κ3) is 5.12. The highest BCUT2D eigenvalue weighted by molar-refractivity contribution is 5.92. The van der Waals surface area contributed by atoms with Gasteiger partial charge in [0, 0.05) is 23.3 Å². The van der Waals surface area contributed by atoms with E-state index in [9.17, 15) is 18.0 Å². The van der Waals surface area contributed by atoms with Crippen molar-refractivity contribution in [2.45, 2.75) is 0 Å². The van der Waals surface area contributed by atoms with Gasteiger partial charge in [0.15, 0.2) is 18.2 Å². The van der Waals surface area contributed by atoms with Gasteiger partial charge >= 0.3 is 0 Å². The molecule has 1 N–H and O–H groups in total. The Kier molecular flexibility index (Phi) is 6.25. The van der Waals surface area contributed by atoms with E-state index in [1.165, 1.54) is 0 Å². The van der Waals surface area contributed by atoms with E-state index in [0.29, 0.717) is 35.0 Å². The first-order valence-electron chi connectivity index (χ1n) is 9.58. The van der Waals surface area contributed by atoms with Gasteiger partial charge in [-0.2, -0.15) is 4.98 Å². The number of carbonyl (C=O) groups excluding carboxylic acids is 1. The topological polar surface area (TPSA) is 86.5 Å². The molecule has 0 aliphatic carbocycles. The molecule has 4 rings (SSSR count). The average molecular weight is 455 g/mol. The first kappa shape index (κ1) is 21.9. The van der Waals surface area contributed by atoms with Crippen molar-refractivity contribution in [2.75, 3.05) is 19.0 Å². The number of aromatic nitrogens is 2. The standard InChI is InChI=1S/C23H16F3N3O4/c1-31-16-6-2-13(3-7-16)22-28-23(33-29-22)14-4-8-17(9-5-14)32-12-20(30)27-21-18(25)10-15(24)11-19(21)26/h2-11H,12H2,1H3,(H,27,30). The fourth-order valence-electron chi connectivity index (χ4n) is 2.88. The summed E-state index contributed by atoms with van der Waals surface area (Å²) < 4.78 is 55.9. The van der Waals surface area contributed by atoms with Crippen LogP contribution in [0.1, 0.15) is 0 Å². The zero-order valence-electron chi connectivity index (χ0n) is 17.1. The smallest absolute Gasteiger partial charge is 0.262 e. The Bertz CT molecular complexity index is 1250. The fraction of sp³-hybridized carbons (Fsp3) is 0.0870. The minimum absolute atomic E-state index is 0.285. The molecule has 1 aromatic heterocycles. The van der Waals surface area contributed by atoms with E-state index in [-0.39, 0.29) is 5.89 Å². The zero-order valence-corrected chi connectivity index (χ0v) is 17.1. The molecule has 1 heterocycles. The van der Waals surface area contributed by atoms with Crippen LogP contribution in [0.5, 0.6) is 11.5 Å². The predicted octanol–water partition coefficient (Wildman–Crippen LogP) is 4.85. The Hall–Kier alpha value is -4.34. The van der Waals surface area contributed by atoms with Crippen LogP contribution in [0.15, 0.2) is 65.2 Å². The van der Waals surface area contributed by atoms with Gasteiger partial charge < -0.3 is 19.3 Å². The molecule has 0 fully saturated rings. The Morgan fingerprint density at radius 1 is 0.939 bits per heavy atom. The van der Waals surface area contributed by atoms with Crippen molar-refractivity contribution < 1.29 is 32.0 Å². The number of nitrogens with zero attached hydrogens (tertiary/aromatic N) is 2. The number of hydrogen-bond acceptors (Lipinski definition) is 6. The lowest BCUT2D eigenvalue weighted by Gasteiger charge is -2.09. The molecule has 1 amide bonds. The number of halogens is 3. The van der Waals surface area contributed by atoms with Crippen LogP contribution in [0.4, 0.5) is 18.9 Å². The monoisotopic (exact) mass is 455 g/mol. The van der Waals surface area contributed by atoms with Crippen LogP contribution in [0, 0.1) is 17.5 Å². The summed E-state index contributed by atoms with van der Waals surface area (Å²) in [6.45, 7) is -0.516. The molecule has 0 aliphatic heterocycles. The molecule has 168 valence electrons. The molecule has 7 nitrogen and oxygen atoms in total. The number of methoxy groups -OCH3 is 1. The highest BCUT2D eigenvalue weighted by Crippen LogP contribution is 2.25. The van der Waals surface area contributed by atoms with Crippen LogP contribution in [0.2, 0.25) is 0 Å². The molecule has 0 saturated heterocycles. The number of ether oxygens (including phenoxy) is 2. The fourth-order valence-corrected chi connectivity index (χ4v) is 2.88. The number of anilines is 1. The van der Waals surface area contributed by atoms with Gasteiger partial charge in [0.25, 0.3) is 11.8 Å². The number of benzene rings is 3. The minimum Gasteiger partial charge on any atom is -0.497 e. The molecular formula is C23H16F3N3O4. The van der Waals surface area contributed by atoms with Gasteiger partial charge in [-0.15, -0.1) is 0 Å². The van der Waals surface area contributed by atoms with E-state index in [0.717, 1.165) is 5.56 Å². The van der Waals surface area contributed by atoms with Crippen molar-refractivity contribution in [3.05, 3.63) is 78.1 Å². The molecule has 0 saturated carbocycles. The van der Waals surface area contributed by atoms with E-state index in [2.05, 4.69) is 10.1 Å². The van der Waals surface area contributed by atoms with Crippen molar-refractivity contribution in [3.63, 3.8) is 0 Å². The Balaban J connectivity index is 1.37. The summed E-state index contributed by atoms with van der Waals surface area (Å²) in [5.41, 5.74) is 0.629. The van der Waals surface area contributed by atoms with Crippen LogP contribution in [0.3, 0.4) is 0 Å². The molecule has 0 atom stereocenters. The van der Waals surface area contributed by atoms with Crippen molar-refractivity contribution in [1.29, 1.82) is 0 Å². The third-order valence-corrected chi connectivity index (χ3v) is 4.52. The minimum atomic E-state index is -1.22. The molecule has 0 radical (unpaired) electrons. The number of nitrogens with one attached hydrogen (secondary N) is 1. The second-order valence-corrected chi connectivity index (χ2v) is 6.76. The summed E-state index contributed by atoms with van der Waals surface area (Å²) in [4.78, 5) is 16.3. The molecular weight excluding hydrogens is 439 g/mol. The quantitative estimate of drug-likeness (QED) is 0.429. The van der Waals surface area contributed by atoms with Crippen molar-refractivity contribution in [2.24, 2.45) is 0 Å². The van der Waals surface area contributed by atoms with Gasteiger partial charge in [-0.25, -0.2) is 13.2 Å². The van der Waals surface area contributed by atoms with E-state index < -0.39 is 35.7 Å². The highest BCUT2D eigenvalue weighted by Gasteiger charge is 2.15. The predicted molar refractivity (Wildman–Crippen MR) is 112 cm³/mol. The maximum absolute atomic E-state index is 13.6. The van der Waals surface area contributed by atoms with E-state index in [4.69, 9.17) is 14.0 Å². The Labute approximate surface area is 185 Å².